The van der Waals surface area contributed by atoms with E-state index in [0.29, 0.717) is 0 Å². The normalized spacial score (nSPS) is 18.7. The third-order valence-electron chi connectivity index (χ3n) is 0.827. The maximum Gasteiger partial charge on any atom is 0.155 e. The molecule has 0 aromatic rings. The van der Waals surface area contributed by atoms with E-state index in [-0.39, 0.29) is 5.48 Å². The molecule has 6 heavy (non-hydrogen) atoms. The van der Waals surface area contributed by atoms with E-state index in [1.807, 2.05) is 0 Å². The van der Waals surface area contributed by atoms with Crippen LogP contribution < -0.4 is 0 Å². The van der Waals surface area contributed by atoms with Crippen LogP contribution in [0.4, 0.5) is 0 Å². The molecule has 0 spiro atoms. The van der Waals surface area contributed by atoms with Crippen molar-refractivity contribution >= 4 is 7.28 Å². The summed E-state index contributed by atoms with van der Waals surface area (Å²) >= 11 is 0. The summed E-state index contributed by atoms with van der Waals surface area (Å²) in [6.07, 6.45) is 1.28. The van der Waals surface area contributed by atoms with Crippen molar-refractivity contribution in [1.29, 1.82) is 0 Å². The van der Waals surface area contributed by atoms with Gasteiger partial charge in [-0.05, 0) is 0 Å². The first-order valence-corrected chi connectivity index (χ1v) is 2.08. The monoisotopic (exact) mass is 88.1 g/mol. The van der Waals surface area contributed by atoms with Crippen LogP contribution in [-0.2, 0) is 4.74 Å². The van der Waals surface area contributed by atoms with Gasteiger partial charge in [0.1, 0.15) is 0 Å². The molecule has 1 saturated heterocycles. The summed E-state index contributed by atoms with van der Waals surface area (Å²) in [7, 11) is 1.28. The van der Waals surface area contributed by atoms with Crippen molar-refractivity contribution in [1.82, 2.24) is 0 Å². The fraction of sp³-hybridized carbons (Fsp3) is 1.00. The van der Waals surface area contributed by atoms with Gasteiger partial charge < -0.3 is 10.2 Å². The van der Waals surface area contributed by atoms with Crippen LogP contribution in [0.1, 0.15) is 0 Å². The third-order valence-corrected chi connectivity index (χ3v) is 0.827. The zero-order valence-electron chi connectivity index (χ0n) is 3.74. The van der Waals surface area contributed by atoms with E-state index in [1.54, 1.807) is 0 Å². The largest absolute Gasteiger partial charge is 0.412 e. The second kappa shape index (κ2) is 3.19. The van der Waals surface area contributed by atoms with Crippen LogP contribution in [-0.4, -0.2) is 25.9 Å². The van der Waals surface area contributed by atoms with Gasteiger partial charge >= 0.3 is 0 Å². The van der Waals surface area contributed by atoms with Gasteiger partial charge in [-0.25, -0.2) is 0 Å². The smallest absolute Gasteiger partial charge is 0.155 e. The predicted octanol–water partition coefficient (Wildman–Crippen LogP) is -0.996. The van der Waals surface area contributed by atoms with E-state index in [2.05, 4.69) is 0 Å². The summed E-state index contributed by atoms with van der Waals surface area (Å²) in [5.41, 5.74) is 0. The second-order valence-corrected chi connectivity index (χ2v) is 1.32. The molecule has 0 saturated carbocycles. The lowest BCUT2D eigenvalue weighted by molar-refractivity contribution is 0.214. The number of ether oxygens (including phenoxy) is 1. The highest BCUT2D eigenvalue weighted by molar-refractivity contribution is 6.36. The summed E-state index contributed by atoms with van der Waals surface area (Å²) in [5, 5.41) is 0. The minimum absolute atomic E-state index is 0. The average Bonchev–Trinajstić information content (AvgIpc) is 1.76. The maximum absolute atomic E-state index is 4.94. The molecule has 36 valence electrons. The van der Waals surface area contributed by atoms with E-state index >= 15 is 0 Å². The van der Waals surface area contributed by atoms with Crippen LogP contribution in [0, 0.1) is 0 Å². The zero-order chi connectivity index (χ0) is 3.54. The Balaban J connectivity index is 0.000000250. The molecule has 0 aromatic heterocycles. The molecule has 1 heterocycles. The van der Waals surface area contributed by atoms with Gasteiger partial charge in [0.15, 0.2) is 7.28 Å². The van der Waals surface area contributed by atoms with E-state index in [1.165, 1.54) is 13.6 Å². The molecular formula is C3H9BO2. The Morgan fingerprint density at radius 2 is 2.33 bits per heavy atom. The van der Waals surface area contributed by atoms with Crippen LogP contribution >= 0.6 is 0 Å². The lowest BCUT2D eigenvalue weighted by Gasteiger charge is -1.77. The molecule has 1 rings (SSSR count). The van der Waals surface area contributed by atoms with E-state index in [4.69, 9.17) is 4.74 Å². The number of hydrogen-bond donors (Lipinski definition) is 0. The van der Waals surface area contributed by atoms with Crippen LogP contribution in [0.3, 0.4) is 0 Å². The number of rotatable bonds is 0. The molecule has 3 heteroatoms. The Morgan fingerprint density at radius 1 is 1.50 bits per heavy atom. The Labute approximate surface area is 38.0 Å². The summed E-state index contributed by atoms with van der Waals surface area (Å²) in [4.78, 5) is 0. The highest BCUT2D eigenvalue weighted by atomic mass is 16.5. The van der Waals surface area contributed by atoms with Crippen LogP contribution in [0.15, 0.2) is 0 Å². The van der Waals surface area contributed by atoms with Gasteiger partial charge in [-0.2, -0.15) is 0 Å². The first kappa shape index (κ1) is 5.98. The minimum atomic E-state index is 0. The summed E-state index contributed by atoms with van der Waals surface area (Å²) in [6.45, 7) is 2.00. The van der Waals surface area contributed by atoms with Crippen molar-refractivity contribution in [2.75, 3.05) is 13.1 Å². The van der Waals surface area contributed by atoms with E-state index < -0.39 is 0 Å². The molecule has 0 unspecified atom stereocenters. The topological polar surface area (TPSA) is 40.7 Å². The highest BCUT2D eigenvalue weighted by Crippen LogP contribution is 1.89. The molecule has 0 aliphatic carbocycles. The first-order valence-electron chi connectivity index (χ1n) is 2.08. The van der Waals surface area contributed by atoms with Crippen LogP contribution in [0.25, 0.3) is 0 Å². The fourth-order valence-corrected chi connectivity index (χ4v) is 0.510. The molecule has 1 fully saturated rings. The Kier molecular flexibility index (Phi) is 3.18. The van der Waals surface area contributed by atoms with Gasteiger partial charge in [0, 0.05) is 13.1 Å². The number of hydrogen-bond acceptors (Lipinski definition) is 1. The molecule has 0 aromatic carbocycles. The molecule has 0 radical (unpaired) electrons. The summed E-state index contributed by atoms with van der Waals surface area (Å²) in [6, 6.07) is 0. The fourth-order valence-electron chi connectivity index (χ4n) is 0.510. The second-order valence-electron chi connectivity index (χ2n) is 1.32. The molecule has 0 atom stereocenters. The highest BCUT2D eigenvalue weighted by Gasteiger charge is 1.97. The lowest BCUT2D eigenvalue weighted by Crippen LogP contribution is -1.83. The van der Waals surface area contributed by atoms with Crippen molar-refractivity contribution in [2.24, 2.45) is 0 Å². The van der Waals surface area contributed by atoms with Crippen molar-refractivity contribution in [2.45, 2.75) is 6.32 Å². The Hall–Kier alpha value is -0.0151. The molecular weight excluding hydrogens is 78.8 g/mol. The quantitative estimate of drug-likeness (QED) is 0.350. The van der Waals surface area contributed by atoms with Gasteiger partial charge in [-0.3, -0.25) is 0 Å². The van der Waals surface area contributed by atoms with Gasteiger partial charge in [0.2, 0.25) is 0 Å². The predicted molar refractivity (Wildman–Crippen MR) is 26.4 cm³/mol. The van der Waals surface area contributed by atoms with Crippen LogP contribution in [0.2, 0.25) is 6.32 Å². The molecule has 2 N–H and O–H groups in total. The van der Waals surface area contributed by atoms with Gasteiger partial charge in [-0.15, -0.1) is 0 Å². The lowest BCUT2D eigenvalue weighted by atomic mass is 9.79. The molecule has 1 aliphatic rings. The average molecular weight is 87.9 g/mol. The SMILES string of the molecule is B1CCOC1.O. The first-order chi connectivity index (χ1) is 2.50. The molecule has 0 bridgehead atoms. The Bertz CT molecular complexity index is 20.4. The van der Waals surface area contributed by atoms with E-state index in [9.17, 15) is 0 Å². The van der Waals surface area contributed by atoms with Gasteiger partial charge in [-0.1, -0.05) is 6.32 Å². The van der Waals surface area contributed by atoms with Crippen molar-refractivity contribution in [3.05, 3.63) is 0 Å². The molecule has 0 amide bonds. The van der Waals surface area contributed by atoms with Crippen molar-refractivity contribution in [3.8, 4) is 0 Å². The zero-order valence-corrected chi connectivity index (χ0v) is 3.74. The molecule has 1 aliphatic heterocycles. The minimum Gasteiger partial charge on any atom is -0.412 e. The van der Waals surface area contributed by atoms with Gasteiger partial charge in [0.05, 0.1) is 0 Å². The molecule has 2 nitrogen and oxygen atoms in total. The van der Waals surface area contributed by atoms with Crippen molar-refractivity contribution in [3.63, 3.8) is 0 Å². The summed E-state index contributed by atoms with van der Waals surface area (Å²) in [5.74, 6) is 0. The van der Waals surface area contributed by atoms with Crippen LogP contribution in [0.5, 0.6) is 0 Å². The standard InChI is InChI=1S/C3H7BO.H2O/c1-2-5-3-4-1;/h4H,1-3H2;1H2. The maximum atomic E-state index is 4.94. The summed E-state index contributed by atoms with van der Waals surface area (Å²) < 4.78 is 4.94. The van der Waals surface area contributed by atoms with Crippen molar-refractivity contribution < 1.29 is 10.2 Å². The Morgan fingerprint density at radius 3 is 2.50 bits per heavy atom. The van der Waals surface area contributed by atoms with E-state index in [0.717, 1.165) is 13.1 Å². The third kappa shape index (κ3) is 1.43. The van der Waals surface area contributed by atoms with Gasteiger partial charge in [0.25, 0.3) is 0 Å².